The fourth-order valence-corrected chi connectivity index (χ4v) is 3.63. The lowest BCUT2D eigenvalue weighted by Gasteiger charge is -2.42. The Bertz CT molecular complexity index is 286. The fourth-order valence-electron chi connectivity index (χ4n) is 3.45. The molecule has 0 spiro atoms. The van der Waals surface area contributed by atoms with Crippen molar-refractivity contribution in [1.29, 1.82) is 0 Å². The second-order valence-corrected chi connectivity index (χ2v) is 6.86. The van der Waals surface area contributed by atoms with E-state index in [9.17, 15) is 4.79 Å². The topological polar surface area (TPSA) is 20.3 Å². The van der Waals surface area contributed by atoms with Gasteiger partial charge in [0.1, 0.15) is 0 Å². The van der Waals surface area contributed by atoms with Gasteiger partial charge >= 0.3 is 0 Å². The second kappa shape index (κ2) is 7.52. The van der Waals surface area contributed by atoms with Crippen LogP contribution in [0.25, 0.3) is 0 Å². The number of hydrogen-bond acceptors (Lipinski definition) is 1. The summed E-state index contributed by atoms with van der Waals surface area (Å²) in [5, 5.41) is 0. The maximum absolute atomic E-state index is 12.9. The average Bonchev–Trinajstić information content (AvgIpc) is 2.38. The highest BCUT2D eigenvalue weighted by Crippen LogP contribution is 2.41. The van der Waals surface area contributed by atoms with Gasteiger partial charge in [0.05, 0.1) is 0 Å². The van der Waals surface area contributed by atoms with Crippen molar-refractivity contribution in [3.8, 4) is 0 Å². The van der Waals surface area contributed by atoms with Crippen LogP contribution in [0, 0.1) is 11.3 Å². The summed E-state index contributed by atoms with van der Waals surface area (Å²) < 4.78 is 0. The van der Waals surface area contributed by atoms with Crippen molar-refractivity contribution >= 4 is 17.5 Å². The molecule has 1 atom stereocenters. The average molecular weight is 288 g/mol. The Labute approximate surface area is 123 Å². The van der Waals surface area contributed by atoms with E-state index in [0.29, 0.717) is 24.4 Å². The van der Waals surface area contributed by atoms with Crippen molar-refractivity contribution in [3.63, 3.8) is 0 Å². The van der Waals surface area contributed by atoms with Crippen LogP contribution in [0.1, 0.15) is 66.2 Å². The van der Waals surface area contributed by atoms with Crippen LogP contribution < -0.4 is 0 Å². The molecule has 112 valence electrons. The van der Waals surface area contributed by atoms with Gasteiger partial charge in [0, 0.05) is 24.4 Å². The molecule has 1 aliphatic rings. The number of amides is 1. The molecular weight excluding hydrogens is 258 g/mol. The van der Waals surface area contributed by atoms with Gasteiger partial charge in [-0.3, -0.25) is 4.79 Å². The smallest absolute Gasteiger partial charge is 0.226 e. The molecule has 1 fully saturated rings. The van der Waals surface area contributed by atoms with Gasteiger partial charge < -0.3 is 4.90 Å². The molecule has 3 heteroatoms. The summed E-state index contributed by atoms with van der Waals surface area (Å²) in [6.45, 7) is 9.52. The van der Waals surface area contributed by atoms with E-state index in [-0.39, 0.29) is 11.3 Å². The summed E-state index contributed by atoms with van der Waals surface area (Å²) in [7, 11) is 0. The standard InChI is InChI=1S/C16H30ClNO/c1-5-13(6-2)18(12-11-17)15(19)14-9-7-8-10-16(14,3)4/h13-14H,5-12H2,1-4H3. The van der Waals surface area contributed by atoms with E-state index in [1.54, 1.807) is 0 Å². The van der Waals surface area contributed by atoms with Crippen molar-refractivity contribution in [2.75, 3.05) is 12.4 Å². The summed E-state index contributed by atoms with van der Waals surface area (Å²) in [5.74, 6) is 1.07. The van der Waals surface area contributed by atoms with Gasteiger partial charge in [-0.2, -0.15) is 0 Å². The van der Waals surface area contributed by atoms with Gasteiger partial charge in [-0.05, 0) is 31.1 Å². The Morgan fingerprint density at radius 2 is 1.95 bits per heavy atom. The molecule has 0 saturated heterocycles. The van der Waals surface area contributed by atoms with Gasteiger partial charge in [-0.25, -0.2) is 0 Å². The van der Waals surface area contributed by atoms with Crippen LogP contribution in [0.3, 0.4) is 0 Å². The minimum Gasteiger partial charge on any atom is -0.338 e. The lowest BCUT2D eigenvalue weighted by Crippen LogP contribution is -2.48. The Morgan fingerprint density at radius 3 is 2.42 bits per heavy atom. The maximum atomic E-state index is 12.9. The number of halogens is 1. The Kier molecular flexibility index (Phi) is 6.65. The van der Waals surface area contributed by atoms with E-state index >= 15 is 0 Å². The van der Waals surface area contributed by atoms with E-state index in [1.165, 1.54) is 19.3 Å². The number of rotatable bonds is 6. The first-order chi connectivity index (χ1) is 8.97. The van der Waals surface area contributed by atoms with Crippen molar-refractivity contribution < 1.29 is 4.79 Å². The molecule has 0 aromatic heterocycles. The number of carbonyl (C=O) groups excluding carboxylic acids is 1. The summed E-state index contributed by atoms with van der Waals surface area (Å²) in [5.41, 5.74) is 0.145. The lowest BCUT2D eigenvalue weighted by molar-refractivity contribution is -0.143. The van der Waals surface area contributed by atoms with E-state index in [0.717, 1.165) is 19.3 Å². The van der Waals surface area contributed by atoms with Crippen LogP contribution in [0.4, 0.5) is 0 Å². The third kappa shape index (κ3) is 4.11. The fraction of sp³-hybridized carbons (Fsp3) is 0.938. The van der Waals surface area contributed by atoms with E-state index in [2.05, 4.69) is 32.6 Å². The third-order valence-corrected chi connectivity index (χ3v) is 4.97. The van der Waals surface area contributed by atoms with Crippen LogP contribution in [0.15, 0.2) is 0 Å². The molecule has 1 saturated carbocycles. The highest BCUT2D eigenvalue weighted by molar-refractivity contribution is 6.18. The molecular formula is C16H30ClNO. The van der Waals surface area contributed by atoms with Crippen molar-refractivity contribution in [3.05, 3.63) is 0 Å². The molecule has 1 unspecified atom stereocenters. The molecule has 0 aliphatic heterocycles. The minimum absolute atomic E-state index is 0.145. The highest BCUT2D eigenvalue weighted by atomic mass is 35.5. The van der Waals surface area contributed by atoms with Crippen molar-refractivity contribution in [2.45, 2.75) is 72.3 Å². The summed E-state index contributed by atoms with van der Waals surface area (Å²) in [6, 6.07) is 0.351. The molecule has 0 bridgehead atoms. The molecule has 19 heavy (non-hydrogen) atoms. The molecule has 0 aromatic carbocycles. The largest absolute Gasteiger partial charge is 0.338 e. The number of alkyl halides is 1. The van der Waals surface area contributed by atoms with Crippen LogP contribution in [0.2, 0.25) is 0 Å². The predicted octanol–water partition coefficient (Wildman–Crippen LogP) is 4.46. The van der Waals surface area contributed by atoms with Gasteiger partial charge in [0.2, 0.25) is 5.91 Å². The molecule has 2 nitrogen and oxygen atoms in total. The first-order valence-electron chi connectivity index (χ1n) is 7.84. The predicted molar refractivity (Wildman–Crippen MR) is 82.5 cm³/mol. The summed E-state index contributed by atoms with van der Waals surface area (Å²) in [6.07, 6.45) is 6.71. The van der Waals surface area contributed by atoms with Crippen LogP contribution in [0.5, 0.6) is 0 Å². The van der Waals surface area contributed by atoms with Crippen LogP contribution in [-0.2, 0) is 4.79 Å². The monoisotopic (exact) mass is 287 g/mol. The van der Waals surface area contributed by atoms with Crippen LogP contribution in [-0.4, -0.2) is 29.3 Å². The zero-order chi connectivity index (χ0) is 14.5. The zero-order valence-electron chi connectivity index (χ0n) is 13.0. The number of nitrogens with zero attached hydrogens (tertiary/aromatic N) is 1. The van der Waals surface area contributed by atoms with E-state index in [4.69, 9.17) is 11.6 Å². The van der Waals surface area contributed by atoms with Crippen molar-refractivity contribution in [2.24, 2.45) is 11.3 Å². The van der Waals surface area contributed by atoms with Gasteiger partial charge in [-0.1, -0.05) is 40.5 Å². The van der Waals surface area contributed by atoms with E-state index < -0.39 is 0 Å². The molecule has 1 aliphatic carbocycles. The van der Waals surface area contributed by atoms with Gasteiger partial charge in [0.25, 0.3) is 0 Å². The highest BCUT2D eigenvalue weighted by Gasteiger charge is 2.40. The van der Waals surface area contributed by atoms with E-state index in [1.807, 2.05) is 0 Å². The van der Waals surface area contributed by atoms with Gasteiger partial charge in [-0.15, -0.1) is 11.6 Å². The molecule has 0 radical (unpaired) electrons. The number of carbonyl (C=O) groups is 1. The Morgan fingerprint density at radius 1 is 1.32 bits per heavy atom. The molecule has 0 N–H and O–H groups in total. The number of hydrogen-bond donors (Lipinski definition) is 0. The SMILES string of the molecule is CCC(CC)N(CCCl)C(=O)C1CCCCC1(C)C. The van der Waals surface area contributed by atoms with Gasteiger partial charge in [0.15, 0.2) is 0 Å². The first-order valence-corrected chi connectivity index (χ1v) is 8.37. The second-order valence-electron chi connectivity index (χ2n) is 6.48. The van der Waals surface area contributed by atoms with Crippen molar-refractivity contribution in [1.82, 2.24) is 4.90 Å². The first kappa shape index (κ1) is 16.8. The molecule has 1 rings (SSSR count). The maximum Gasteiger partial charge on any atom is 0.226 e. The third-order valence-electron chi connectivity index (χ3n) is 4.80. The summed E-state index contributed by atoms with van der Waals surface area (Å²) in [4.78, 5) is 15.0. The summed E-state index contributed by atoms with van der Waals surface area (Å²) >= 11 is 5.91. The molecule has 1 amide bonds. The molecule has 0 heterocycles. The Balaban J connectivity index is 2.85. The normalized spacial score (nSPS) is 22.5. The minimum atomic E-state index is 0.145. The Hall–Kier alpha value is -0.240. The quantitative estimate of drug-likeness (QED) is 0.661. The van der Waals surface area contributed by atoms with Crippen LogP contribution >= 0.6 is 11.6 Å². The zero-order valence-corrected chi connectivity index (χ0v) is 13.8. The molecule has 0 aromatic rings. The lowest BCUT2D eigenvalue weighted by atomic mass is 9.68.